The van der Waals surface area contributed by atoms with Crippen LogP contribution in [0.4, 0.5) is 4.79 Å². The van der Waals surface area contributed by atoms with Crippen LogP contribution in [0.1, 0.15) is 43.7 Å². The van der Waals surface area contributed by atoms with Crippen LogP contribution in [-0.4, -0.2) is 40.0 Å². The third-order valence-electron chi connectivity index (χ3n) is 4.88. The minimum atomic E-state index is -1.41. The van der Waals surface area contributed by atoms with Crippen molar-refractivity contribution in [2.45, 2.75) is 45.2 Å². The largest absolute Gasteiger partial charge is 0.508 e. The van der Waals surface area contributed by atoms with Crippen LogP contribution >= 0.6 is 10.3 Å². The van der Waals surface area contributed by atoms with Crippen LogP contribution in [0.3, 0.4) is 0 Å². The first-order valence-electron chi connectivity index (χ1n) is 9.50. The molecule has 2 aromatic rings. The summed E-state index contributed by atoms with van der Waals surface area (Å²) < 4.78 is 11.8. The molecule has 1 aromatic carbocycles. The number of aromatic hydroxyl groups is 1. The Kier molecular flexibility index (Phi) is 7.54. The fourth-order valence-corrected chi connectivity index (χ4v) is 3.33. The van der Waals surface area contributed by atoms with Crippen LogP contribution in [0.5, 0.6) is 5.75 Å². The Morgan fingerprint density at radius 1 is 1.17 bits per heavy atom. The minimum absolute atomic E-state index is 0.0112. The Labute approximate surface area is 175 Å². The van der Waals surface area contributed by atoms with Gasteiger partial charge in [-0.25, -0.2) is 4.79 Å². The van der Waals surface area contributed by atoms with Crippen molar-refractivity contribution < 1.29 is 18.8 Å². The Morgan fingerprint density at radius 2 is 1.83 bits per heavy atom. The SMILES string of the molecule is Cc1ccc(C(CNC(=O)OCc2ccc(O)cc2)OS(C)(C)C(C)(C)C)cn1. The topological polar surface area (TPSA) is 80.7 Å². The van der Waals surface area contributed by atoms with Crippen LogP contribution in [-0.2, 0) is 15.5 Å². The monoisotopic (exact) mass is 420 g/mol. The molecule has 1 amide bonds. The van der Waals surface area contributed by atoms with E-state index in [9.17, 15) is 9.90 Å². The number of nitrogens with zero attached hydrogens (tertiary/aromatic N) is 1. The number of hydrogen-bond acceptors (Lipinski definition) is 5. The van der Waals surface area contributed by atoms with Crippen LogP contribution in [0.25, 0.3) is 0 Å². The smallest absolute Gasteiger partial charge is 0.407 e. The zero-order valence-electron chi connectivity index (χ0n) is 18.1. The average Bonchev–Trinajstić information content (AvgIpc) is 2.64. The van der Waals surface area contributed by atoms with Gasteiger partial charge < -0.3 is 19.3 Å². The van der Waals surface area contributed by atoms with Crippen molar-refractivity contribution in [3.05, 3.63) is 59.4 Å². The number of hydrogen-bond donors (Lipinski definition) is 2. The number of carbonyl (C=O) groups excluding carboxylic acids is 1. The fraction of sp³-hybridized carbons (Fsp3) is 0.455. The summed E-state index contributed by atoms with van der Waals surface area (Å²) in [6, 6.07) is 10.5. The summed E-state index contributed by atoms with van der Waals surface area (Å²) in [7, 11) is -1.41. The standard InChI is InChI=1S/C22H32N2O4S/c1-16-7-10-18(13-23-16)20(28-29(5,6)22(2,3)4)14-24-21(26)27-15-17-8-11-19(25)12-9-17/h7-13,20,25H,14-15H2,1-6H3,(H,24,26). The van der Waals surface area contributed by atoms with Gasteiger partial charge in [0.1, 0.15) is 18.5 Å². The highest BCUT2D eigenvalue weighted by Gasteiger charge is 2.32. The molecular weight excluding hydrogens is 388 g/mol. The van der Waals surface area contributed by atoms with Crippen LogP contribution in [0, 0.1) is 6.92 Å². The van der Waals surface area contributed by atoms with E-state index in [2.05, 4.69) is 43.6 Å². The summed E-state index contributed by atoms with van der Waals surface area (Å²) in [5.74, 6) is 0.175. The molecule has 0 spiro atoms. The van der Waals surface area contributed by atoms with Gasteiger partial charge in [0.25, 0.3) is 0 Å². The molecule has 1 aromatic heterocycles. The second-order valence-electron chi connectivity index (χ2n) is 8.29. The van der Waals surface area contributed by atoms with Crippen molar-refractivity contribution in [3.63, 3.8) is 0 Å². The maximum Gasteiger partial charge on any atom is 0.407 e. The van der Waals surface area contributed by atoms with Crippen molar-refractivity contribution in [1.82, 2.24) is 10.3 Å². The lowest BCUT2D eigenvalue weighted by molar-refractivity contribution is 0.132. The number of alkyl carbamates (subject to hydrolysis) is 1. The van der Waals surface area contributed by atoms with Crippen molar-refractivity contribution >= 4 is 16.4 Å². The highest BCUT2D eigenvalue weighted by Crippen LogP contribution is 2.56. The molecule has 160 valence electrons. The normalized spacial score (nSPS) is 13.6. The van der Waals surface area contributed by atoms with Crippen LogP contribution in [0.2, 0.25) is 0 Å². The first-order chi connectivity index (χ1) is 13.5. The third kappa shape index (κ3) is 6.94. The second kappa shape index (κ2) is 9.50. The summed E-state index contributed by atoms with van der Waals surface area (Å²) in [5.41, 5.74) is 2.64. The number of aromatic nitrogens is 1. The maximum atomic E-state index is 12.2. The molecule has 1 unspecified atom stereocenters. The number of nitrogens with one attached hydrogen (secondary N) is 1. The maximum absolute atomic E-state index is 12.2. The fourth-order valence-electron chi connectivity index (χ4n) is 2.28. The lowest BCUT2D eigenvalue weighted by Gasteiger charge is -2.46. The molecule has 0 aliphatic rings. The summed E-state index contributed by atoms with van der Waals surface area (Å²) in [6.07, 6.45) is 5.21. The summed E-state index contributed by atoms with van der Waals surface area (Å²) in [5, 5.41) is 12.1. The van der Waals surface area contributed by atoms with Gasteiger partial charge in [0.05, 0.1) is 6.54 Å². The van der Waals surface area contributed by atoms with Gasteiger partial charge in [-0.1, -0.05) is 39.0 Å². The third-order valence-corrected chi connectivity index (χ3v) is 8.54. The van der Waals surface area contributed by atoms with E-state index in [1.54, 1.807) is 30.5 Å². The summed E-state index contributed by atoms with van der Waals surface area (Å²) >= 11 is 0. The zero-order chi connectivity index (χ0) is 21.7. The molecule has 1 atom stereocenters. The Hall–Kier alpha value is -2.25. The molecule has 7 heteroatoms. The predicted molar refractivity (Wildman–Crippen MR) is 118 cm³/mol. The van der Waals surface area contributed by atoms with E-state index >= 15 is 0 Å². The van der Waals surface area contributed by atoms with E-state index in [0.717, 1.165) is 16.8 Å². The van der Waals surface area contributed by atoms with E-state index in [1.165, 1.54) is 0 Å². The number of carbonyl (C=O) groups is 1. The van der Waals surface area contributed by atoms with Gasteiger partial charge in [-0.15, -0.1) is 10.3 Å². The van der Waals surface area contributed by atoms with Gasteiger partial charge in [-0.2, -0.15) is 0 Å². The number of ether oxygens (including phenoxy) is 1. The molecule has 2 rings (SSSR count). The molecule has 2 N–H and O–H groups in total. The molecule has 0 bridgehead atoms. The highest BCUT2D eigenvalue weighted by atomic mass is 32.3. The lowest BCUT2D eigenvalue weighted by atomic mass is 10.1. The first kappa shape index (κ1) is 23.0. The van der Waals surface area contributed by atoms with Crippen molar-refractivity contribution in [2.24, 2.45) is 0 Å². The van der Waals surface area contributed by atoms with E-state index in [0.29, 0.717) is 0 Å². The molecule has 6 nitrogen and oxygen atoms in total. The van der Waals surface area contributed by atoms with Gasteiger partial charge in [0.2, 0.25) is 0 Å². The number of amides is 1. The van der Waals surface area contributed by atoms with Gasteiger partial charge in [-0.05, 0) is 43.2 Å². The predicted octanol–water partition coefficient (Wildman–Crippen LogP) is 4.86. The second-order valence-corrected chi connectivity index (χ2v) is 12.2. The van der Waals surface area contributed by atoms with E-state index < -0.39 is 16.4 Å². The molecule has 0 saturated carbocycles. The summed E-state index contributed by atoms with van der Waals surface area (Å²) in [4.78, 5) is 16.6. The van der Waals surface area contributed by atoms with Gasteiger partial charge >= 0.3 is 6.09 Å². The summed E-state index contributed by atoms with van der Waals surface area (Å²) in [6.45, 7) is 8.82. The molecule has 29 heavy (non-hydrogen) atoms. The van der Waals surface area contributed by atoms with E-state index in [4.69, 9.17) is 8.92 Å². The van der Waals surface area contributed by atoms with E-state index in [1.807, 2.05) is 19.1 Å². The van der Waals surface area contributed by atoms with Crippen LogP contribution < -0.4 is 5.32 Å². The van der Waals surface area contributed by atoms with Gasteiger partial charge in [0, 0.05) is 22.2 Å². The molecule has 1 heterocycles. The van der Waals surface area contributed by atoms with Gasteiger partial charge in [0.15, 0.2) is 0 Å². The number of phenolic OH excluding ortho intramolecular Hbond substituents is 1. The molecule has 0 aliphatic heterocycles. The molecule has 0 saturated heterocycles. The number of benzene rings is 1. The van der Waals surface area contributed by atoms with Crippen molar-refractivity contribution in [3.8, 4) is 5.75 Å². The Morgan fingerprint density at radius 3 is 2.38 bits per heavy atom. The van der Waals surface area contributed by atoms with Crippen molar-refractivity contribution in [2.75, 3.05) is 19.1 Å². The lowest BCUT2D eigenvalue weighted by Crippen LogP contribution is -2.33. The number of phenols is 1. The number of pyridine rings is 1. The number of rotatable bonds is 7. The quantitative estimate of drug-likeness (QED) is 0.669. The minimum Gasteiger partial charge on any atom is -0.508 e. The Bertz CT molecular complexity index is 799. The van der Waals surface area contributed by atoms with Gasteiger partial charge in [-0.3, -0.25) is 4.98 Å². The van der Waals surface area contributed by atoms with Crippen molar-refractivity contribution in [1.29, 1.82) is 0 Å². The molecule has 0 fully saturated rings. The van der Waals surface area contributed by atoms with E-state index in [-0.39, 0.29) is 29.8 Å². The number of aryl methyl sites for hydroxylation is 1. The highest BCUT2D eigenvalue weighted by molar-refractivity contribution is 8.29. The molecule has 0 radical (unpaired) electrons. The molecule has 0 aliphatic carbocycles. The first-order valence-corrected chi connectivity index (χ1v) is 11.9. The molecular formula is C22H32N2O4S. The zero-order valence-corrected chi connectivity index (χ0v) is 18.9. The Balaban J connectivity index is 2.02. The average molecular weight is 421 g/mol. The van der Waals surface area contributed by atoms with Crippen LogP contribution in [0.15, 0.2) is 42.6 Å².